The Morgan fingerprint density at radius 2 is 2.06 bits per heavy atom. The minimum atomic E-state index is -0.896. The van der Waals surface area contributed by atoms with Gasteiger partial charge in [0.1, 0.15) is 18.4 Å². The summed E-state index contributed by atoms with van der Waals surface area (Å²) in [7, 11) is 1.28. The molecule has 0 bridgehead atoms. The van der Waals surface area contributed by atoms with E-state index >= 15 is 0 Å². The molecule has 3 aromatic rings. The fourth-order valence-electron chi connectivity index (χ4n) is 3.79. The average molecular weight is 439 g/mol. The van der Waals surface area contributed by atoms with Gasteiger partial charge in [0, 0.05) is 22.2 Å². The van der Waals surface area contributed by atoms with Crippen molar-refractivity contribution in [3.8, 4) is 5.75 Å². The number of amides is 2. The van der Waals surface area contributed by atoms with E-state index in [0.29, 0.717) is 23.5 Å². The van der Waals surface area contributed by atoms with Crippen LogP contribution in [0.4, 0.5) is 0 Å². The molecule has 2 aromatic carbocycles. The van der Waals surface area contributed by atoms with E-state index in [2.05, 4.69) is 28.3 Å². The zero-order valence-corrected chi connectivity index (χ0v) is 17.8. The number of ether oxygens (including phenoxy) is 2. The van der Waals surface area contributed by atoms with Crippen molar-refractivity contribution in [3.05, 3.63) is 64.5 Å². The summed E-state index contributed by atoms with van der Waals surface area (Å²) in [6.45, 7) is 0.556. The second kappa shape index (κ2) is 8.77. The molecule has 0 saturated heterocycles. The predicted octanol–water partition coefficient (Wildman–Crippen LogP) is 3.24. The van der Waals surface area contributed by atoms with E-state index in [-0.39, 0.29) is 25.3 Å². The molecule has 8 heteroatoms. The van der Waals surface area contributed by atoms with Crippen LogP contribution in [0.25, 0.3) is 10.1 Å². The summed E-state index contributed by atoms with van der Waals surface area (Å²) in [5.74, 6) is -0.817. The van der Waals surface area contributed by atoms with Gasteiger partial charge in [-0.25, -0.2) is 0 Å². The number of hydrogen-bond acceptors (Lipinski definition) is 6. The molecule has 31 heavy (non-hydrogen) atoms. The first-order valence-corrected chi connectivity index (χ1v) is 10.7. The number of hydrogen-bond donors (Lipinski definition) is 1. The lowest BCUT2D eigenvalue weighted by Gasteiger charge is -2.24. The molecule has 1 atom stereocenters. The lowest BCUT2D eigenvalue weighted by molar-refractivity contribution is -0.141. The monoisotopic (exact) mass is 438 g/mol. The Bertz CT molecular complexity index is 1160. The van der Waals surface area contributed by atoms with Gasteiger partial charge >= 0.3 is 5.97 Å². The van der Waals surface area contributed by atoms with E-state index < -0.39 is 17.9 Å². The highest BCUT2D eigenvalue weighted by Gasteiger charge is 2.37. The first-order valence-electron chi connectivity index (χ1n) is 9.86. The van der Waals surface area contributed by atoms with Gasteiger partial charge in [0.25, 0.3) is 5.91 Å². The number of nitrogens with two attached hydrogens (primary N) is 1. The SMILES string of the molecule is COC(=O)CCC(C(N)=O)N1Cc2c(OCc3ccc4sccc4c3)cccc2C1=O. The van der Waals surface area contributed by atoms with Crippen molar-refractivity contribution in [3.63, 3.8) is 0 Å². The highest BCUT2D eigenvalue weighted by Crippen LogP contribution is 2.33. The largest absolute Gasteiger partial charge is 0.489 e. The summed E-state index contributed by atoms with van der Waals surface area (Å²) >= 11 is 1.69. The summed E-state index contributed by atoms with van der Waals surface area (Å²) in [6, 6.07) is 12.6. The van der Waals surface area contributed by atoms with Crippen LogP contribution < -0.4 is 10.5 Å². The predicted molar refractivity (Wildman–Crippen MR) is 117 cm³/mol. The van der Waals surface area contributed by atoms with Crippen LogP contribution in [0.3, 0.4) is 0 Å². The highest BCUT2D eigenvalue weighted by atomic mass is 32.1. The Kier molecular flexibility index (Phi) is 5.90. The third-order valence-electron chi connectivity index (χ3n) is 5.42. The van der Waals surface area contributed by atoms with E-state index in [1.807, 2.05) is 12.1 Å². The molecule has 1 aromatic heterocycles. The molecule has 0 spiro atoms. The van der Waals surface area contributed by atoms with Crippen LogP contribution in [-0.4, -0.2) is 35.8 Å². The van der Waals surface area contributed by atoms with Crippen molar-refractivity contribution < 1.29 is 23.9 Å². The van der Waals surface area contributed by atoms with Gasteiger partial charge in [0.15, 0.2) is 0 Å². The second-order valence-corrected chi connectivity index (χ2v) is 8.28. The van der Waals surface area contributed by atoms with Crippen molar-refractivity contribution in [1.82, 2.24) is 4.90 Å². The van der Waals surface area contributed by atoms with E-state index in [1.54, 1.807) is 23.5 Å². The topological polar surface area (TPSA) is 98.9 Å². The van der Waals surface area contributed by atoms with Crippen LogP contribution >= 0.6 is 11.3 Å². The Labute approximate surface area is 183 Å². The zero-order chi connectivity index (χ0) is 22.0. The number of benzene rings is 2. The molecule has 1 unspecified atom stereocenters. The Balaban J connectivity index is 1.51. The third kappa shape index (κ3) is 4.25. The molecule has 0 aliphatic carbocycles. The van der Waals surface area contributed by atoms with Crippen molar-refractivity contribution in [2.75, 3.05) is 7.11 Å². The summed E-state index contributed by atoms with van der Waals surface area (Å²) < 4.78 is 11.9. The molecule has 160 valence electrons. The maximum atomic E-state index is 12.9. The molecule has 1 aliphatic heterocycles. The quantitative estimate of drug-likeness (QED) is 0.545. The maximum Gasteiger partial charge on any atom is 0.305 e. The normalized spacial score (nSPS) is 13.8. The standard InChI is InChI=1S/C23H22N2O5S/c1-29-21(26)8-6-18(22(24)27)25-12-17-16(23(25)28)3-2-4-19(17)30-13-14-5-7-20-15(11-14)9-10-31-20/h2-5,7,9-11,18H,6,8,12-13H2,1H3,(H2,24,27). The molecule has 4 rings (SSSR count). The number of methoxy groups -OCH3 is 1. The molecular formula is C23H22N2O5S. The van der Waals surface area contributed by atoms with Crippen LogP contribution in [0.2, 0.25) is 0 Å². The van der Waals surface area contributed by atoms with Gasteiger partial charge in [-0.2, -0.15) is 0 Å². The Hall–Kier alpha value is -3.39. The average Bonchev–Trinajstić information content (AvgIpc) is 3.36. The lowest BCUT2D eigenvalue weighted by Crippen LogP contribution is -2.45. The first-order chi connectivity index (χ1) is 15.0. The molecule has 0 saturated carbocycles. The molecule has 2 amide bonds. The Morgan fingerprint density at radius 3 is 2.84 bits per heavy atom. The molecule has 0 fully saturated rings. The highest BCUT2D eigenvalue weighted by molar-refractivity contribution is 7.17. The van der Waals surface area contributed by atoms with Gasteiger partial charge < -0.3 is 20.1 Å². The van der Waals surface area contributed by atoms with Crippen LogP contribution in [-0.2, 0) is 27.5 Å². The number of thiophene rings is 1. The van der Waals surface area contributed by atoms with Crippen molar-refractivity contribution in [2.45, 2.75) is 32.0 Å². The molecule has 2 N–H and O–H groups in total. The van der Waals surface area contributed by atoms with E-state index in [0.717, 1.165) is 5.56 Å². The Morgan fingerprint density at radius 1 is 1.23 bits per heavy atom. The molecule has 1 aliphatic rings. The van der Waals surface area contributed by atoms with Gasteiger partial charge in [-0.3, -0.25) is 14.4 Å². The number of esters is 1. The second-order valence-electron chi connectivity index (χ2n) is 7.33. The molecule has 7 nitrogen and oxygen atoms in total. The van der Waals surface area contributed by atoms with Crippen LogP contribution in [0.5, 0.6) is 5.75 Å². The van der Waals surface area contributed by atoms with E-state index in [4.69, 9.17) is 10.5 Å². The van der Waals surface area contributed by atoms with Crippen LogP contribution in [0.1, 0.15) is 34.3 Å². The van der Waals surface area contributed by atoms with Gasteiger partial charge in [-0.15, -0.1) is 11.3 Å². The summed E-state index contributed by atoms with van der Waals surface area (Å²) in [5, 5.41) is 3.22. The van der Waals surface area contributed by atoms with Crippen molar-refractivity contribution >= 4 is 39.2 Å². The van der Waals surface area contributed by atoms with Crippen molar-refractivity contribution in [2.24, 2.45) is 5.73 Å². The minimum Gasteiger partial charge on any atom is -0.489 e. The van der Waals surface area contributed by atoms with E-state index in [9.17, 15) is 14.4 Å². The smallest absolute Gasteiger partial charge is 0.305 e. The number of nitrogens with zero attached hydrogens (tertiary/aromatic N) is 1. The van der Waals surface area contributed by atoms with Gasteiger partial charge in [0.2, 0.25) is 5.91 Å². The fraction of sp³-hybridized carbons (Fsp3) is 0.261. The van der Waals surface area contributed by atoms with Crippen molar-refractivity contribution in [1.29, 1.82) is 0 Å². The molecule has 0 radical (unpaired) electrons. The molecular weight excluding hydrogens is 416 g/mol. The number of fused-ring (bicyclic) bond motifs is 2. The number of rotatable bonds is 8. The number of carbonyl (C=O) groups excluding carboxylic acids is 3. The van der Waals surface area contributed by atoms with E-state index in [1.165, 1.54) is 22.1 Å². The summed E-state index contributed by atoms with van der Waals surface area (Å²) in [6.07, 6.45) is 0.108. The van der Waals surface area contributed by atoms with Crippen LogP contribution in [0.15, 0.2) is 47.8 Å². The summed E-state index contributed by atoms with van der Waals surface area (Å²) in [5.41, 5.74) is 7.76. The zero-order valence-electron chi connectivity index (χ0n) is 17.0. The number of carbonyl (C=O) groups is 3. The first kappa shape index (κ1) is 20.9. The third-order valence-corrected chi connectivity index (χ3v) is 6.32. The lowest BCUT2D eigenvalue weighted by atomic mass is 10.1. The van der Waals surface area contributed by atoms with Crippen LogP contribution in [0, 0.1) is 0 Å². The summed E-state index contributed by atoms with van der Waals surface area (Å²) in [4.78, 5) is 37.9. The van der Waals surface area contributed by atoms with Gasteiger partial charge in [-0.1, -0.05) is 12.1 Å². The van der Waals surface area contributed by atoms with Gasteiger partial charge in [-0.05, 0) is 53.1 Å². The maximum absolute atomic E-state index is 12.9. The minimum absolute atomic E-state index is 0.00134. The fourth-order valence-corrected chi connectivity index (χ4v) is 4.56. The molecule has 2 heterocycles. The number of primary amides is 1. The van der Waals surface area contributed by atoms with Gasteiger partial charge in [0.05, 0.1) is 13.7 Å².